The van der Waals surface area contributed by atoms with E-state index in [0.717, 1.165) is 5.56 Å². The van der Waals surface area contributed by atoms with Crippen molar-refractivity contribution in [3.8, 4) is 6.07 Å². The van der Waals surface area contributed by atoms with Crippen LogP contribution in [0.1, 0.15) is 25.3 Å². The summed E-state index contributed by atoms with van der Waals surface area (Å²) in [5.74, 6) is -1.54. The number of carbonyl (C=O) groups is 1. The third-order valence-corrected chi connectivity index (χ3v) is 4.06. The second-order valence-electron chi connectivity index (χ2n) is 4.86. The van der Waals surface area contributed by atoms with Crippen molar-refractivity contribution in [2.45, 2.75) is 19.8 Å². The monoisotopic (exact) mass is 334 g/mol. The molecule has 1 aromatic rings. The Bertz CT molecular complexity index is 706. The number of rotatable bonds is 3. The Kier molecular flexibility index (Phi) is 5.28. The highest BCUT2D eigenvalue weighted by atomic mass is 35.5. The number of carbonyl (C=O) groups excluding carboxylic acids is 1. The lowest BCUT2D eigenvalue weighted by Gasteiger charge is -2.29. The molecular weight excluding hydrogens is 320 g/mol. The molecule has 22 heavy (non-hydrogen) atoms. The fraction of sp³-hybridized carbons (Fsp3) is 0.312. The van der Waals surface area contributed by atoms with Crippen LogP contribution in [0.4, 0.5) is 0 Å². The fourth-order valence-electron chi connectivity index (χ4n) is 2.56. The third kappa shape index (κ3) is 3.18. The molecule has 1 unspecified atom stereocenters. The number of nitrogens with zero attached hydrogens (tertiary/aromatic N) is 2. The number of ether oxygens (including phenoxy) is 1. The van der Waals surface area contributed by atoms with E-state index in [9.17, 15) is 10.1 Å². The van der Waals surface area contributed by atoms with E-state index in [0.29, 0.717) is 21.3 Å². The molecule has 2 rings (SSSR count). The van der Waals surface area contributed by atoms with Crippen LogP contribution in [-0.4, -0.2) is 18.3 Å². The zero-order valence-corrected chi connectivity index (χ0v) is 13.9. The van der Waals surface area contributed by atoms with E-state index >= 15 is 0 Å². The standard InChI is InChI=1S/C16H15ClN2O2S/c1-3-21-16(20)13-9(2)19-15(22)12(8-18)14(13)10-5-4-6-11(17)7-10/h4-7,13-14,22H,3H2,1-2H3/t13?,14-/m1/s1. The van der Waals surface area contributed by atoms with Crippen LogP contribution in [0, 0.1) is 17.2 Å². The van der Waals surface area contributed by atoms with E-state index in [1.807, 2.05) is 6.07 Å². The summed E-state index contributed by atoms with van der Waals surface area (Å²) in [5.41, 5.74) is 1.68. The lowest BCUT2D eigenvalue weighted by molar-refractivity contribution is -0.146. The fourth-order valence-corrected chi connectivity index (χ4v) is 3.11. The van der Waals surface area contributed by atoms with Gasteiger partial charge in [-0.25, -0.2) is 4.99 Å². The molecule has 1 aromatic carbocycles. The summed E-state index contributed by atoms with van der Waals surface area (Å²) in [7, 11) is 0. The van der Waals surface area contributed by atoms with Crippen molar-refractivity contribution in [3.05, 3.63) is 45.5 Å². The lowest BCUT2D eigenvalue weighted by Crippen LogP contribution is -2.33. The van der Waals surface area contributed by atoms with Crippen molar-refractivity contribution in [1.82, 2.24) is 0 Å². The van der Waals surface area contributed by atoms with Crippen molar-refractivity contribution >= 4 is 35.9 Å². The average molecular weight is 335 g/mol. The molecule has 6 heteroatoms. The molecule has 0 fully saturated rings. The van der Waals surface area contributed by atoms with Crippen LogP contribution in [0.2, 0.25) is 5.02 Å². The topological polar surface area (TPSA) is 62.4 Å². The van der Waals surface area contributed by atoms with Gasteiger partial charge in [0.05, 0.1) is 18.2 Å². The summed E-state index contributed by atoms with van der Waals surface area (Å²) in [6.45, 7) is 3.75. The van der Waals surface area contributed by atoms with Crippen LogP contribution in [-0.2, 0) is 9.53 Å². The van der Waals surface area contributed by atoms with Gasteiger partial charge < -0.3 is 4.74 Å². The van der Waals surface area contributed by atoms with Gasteiger partial charge in [-0.15, -0.1) is 12.6 Å². The van der Waals surface area contributed by atoms with Gasteiger partial charge in [-0.3, -0.25) is 4.79 Å². The SMILES string of the molecule is CCOC(=O)C1C(C)=NC(S)=C(C#N)[C@H]1c1cccc(Cl)c1. The van der Waals surface area contributed by atoms with Gasteiger partial charge in [0.2, 0.25) is 0 Å². The first-order valence-electron chi connectivity index (χ1n) is 6.80. The van der Waals surface area contributed by atoms with E-state index < -0.39 is 17.8 Å². The van der Waals surface area contributed by atoms with Gasteiger partial charge in [-0.05, 0) is 31.5 Å². The minimum Gasteiger partial charge on any atom is -0.465 e. The number of hydrogen-bond acceptors (Lipinski definition) is 5. The first kappa shape index (κ1) is 16.6. The summed E-state index contributed by atoms with van der Waals surface area (Å²) >= 11 is 10.3. The van der Waals surface area contributed by atoms with Crippen LogP contribution >= 0.6 is 24.2 Å². The van der Waals surface area contributed by atoms with Crippen LogP contribution < -0.4 is 0 Å². The highest BCUT2D eigenvalue weighted by Crippen LogP contribution is 2.40. The maximum absolute atomic E-state index is 12.4. The molecule has 0 spiro atoms. The molecule has 0 N–H and O–H groups in total. The molecule has 0 bridgehead atoms. The zero-order valence-electron chi connectivity index (χ0n) is 12.2. The van der Waals surface area contributed by atoms with E-state index in [1.54, 1.807) is 32.0 Å². The number of allylic oxidation sites excluding steroid dienone is 1. The van der Waals surface area contributed by atoms with E-state index in [2.05, 4.69) is 23.7 Å². The van der Waals surface area contributed by atoms with Gasteiger partial charge in [0.1, 0.15) is 10.9 Å². The second-order valence-corrected chi connectivity index (χ2v) is 5.72. The first-order chi connectivity index (χ1) is 10.5. The molecule has 114 valence electrons. The molecule has 0 saturated carbocycles. The van der Waals surface area contributed by atoms with Gasteiger partial charge in [-0.1, -0.05) is 23.7 Å². The van der Waals surface area contributed by atoms with E-state index in [-0.39, 0.29) is 6.61 Å². The number of thiol groups is 1. The normalized spacial score (nSPS) is 21.1. The molecule has 2 atom stereocenters. The van der Waals surface area contributed by atoms with Crippen LogP contribution in [0.25, 0.3) is 0 Å². The summed E-state index contributed by atoms with van der Waals surface area (Å²) in [6.07, 6.45) is 0. The predicted molar refractivity (Wildman–Crippen MR) is 89.1 cm³/mol. The average Bonchev–Trinajstić information content (AvgIpc) is 2.46. The molecule has 1 heterocycles. The molecule has 0 radical (unpaired) electrons. The van der Waals surface area contributed by atoms with Crippen molar-refractivity contribution in [1.29, 1.82) is 5.26 Å². The minimum atomic E-state index is -0.649. The number of hydrogen-bond donors (Lipinski definition) is 1. The van der Waals surface area contributed by atoms with Crippen LogP contribution in [0.3, 0.4) is 0 Å². The van der Waals surface area contributed by atoms with Crippen LogP contribution in [0.5, 0.6) is 0 Å². The Morgan fingerprint density at radius 2 is 2.27 bits per heavy atom. The molecule has 0 saturated heterocycles. The Morgan fingerprint density at radius 1 is 1.55 bits per heavy atom. The predicted octanol–water partition coefficient (Wildman–Crippen LogP) is 3.74. The smallest absolute Gasteiger partial charge is 0.315 e. The van der Waals surface area contributed by atoms with Gasteiger partial charge in [0.15, 0.2) is 0 Å². The Morgan fingerprint density at radius 3 is 2.86 bits per heavy atom. The molecule has 1 aliphatic heterocycles. The Hall–Kier alpha value is -1.77. The highest BCUT2D eigenvalue weighted by molar-refractivity contribution is 7.84. The quantitative estimate of drug-likeness (QED) is 0.676. The van der Waals surface area contributed by atoms with Gasteiger partial charge in [-0.2, -0.15) is 5.26 Å². The number of halogens is 1. The minimum absolute atomic E-state index is 0.268. The molecule has 1 aliphatic rings. The van der Waals surface area contributed by atoms with Gasteiger partial charge in [0.25, 0.3) is 0 Å². The number of esters is 1. The Balaban J connectivity index is 2.59. The number of benzene rings is 1. The van der Waals surface area contributed by atoms with Gasteiger partial charge in [0, 0.05) is 16.7 Å². The number of nitriles is 1. The van der Waals surface area contributed by atoms with E-state index in [4.69, 9.17) is 16.3 Å². The third-order valence-electron chi connectivity index (χ3n) is 3.49. The molecule has 0 aliphatic carbocycles. The second kappa shape index (κ2) is 6.99. The van der Waals surface area contributed by atoms with Crippen molar-refractivity contribution in [2.75, 3.05) is 6.61 Å². The largest absolute Gasteiger partial charge is 0.465 e. The summed E-state index contributed by atoms with van der Waals surface area (Å²) < 4.78 is 5.15. The maximum atomic E-state index is 12.4. The molecule has 0 amide bonds. The zero-order chi connectivity index (χ0) is 16.3. The lowest BCUT2D eigenvalue weighted by atomic mass is 9.77. The van der Waals surface area contributed by atoms with Crippen molar-refractivity contribution in [2.24, 2.45) is 10.9 Å². The Labute approximate surface area is 139 Å². The van der Waals surface area contributed by atoms with Crippen molar-refractivity contribution < 1.29 is 9.53 Å². The van der Waals surface area contributed by atoms with E-state index in [1.165, 1.54) is 0 Å². The summed E-state index contributed by atoms with van der Waals surface area (Å²) in [6, 6.07) is 9.22. The first-order valence-corrected chi connectivity index (χ1v) is 7.62. The maximum Gasteiger partial charge on any atom is 0.315 e. The molecule has 0 aromatic heterocycles. The molecule has 4 nitrogen and oxygen atoms in total. The number of aliphatic imine (C=N–C) groups is 1. The van der Waals surface area contributed by atoms with Gasteiger partial charge >= 0.3 is 5.97 Å². The molecular formula is C16H15ClN2O2S. The summed E-state index contributed by atoms with van der Waals surface area (Å²) in [5, 5.41) is 10.3. The summed E-state index contributed by atoms with van der Waals surface area (Å²) in [4.78, 5) is 16.6. The highest BCUT2D eigenvalue weighted by Gasteiger charge is 2.39. The van der Waals surface area contributed by atoms with Crippen molar-refractivity contribution in [3.63, 3.8) is 0 Å². The van der Waals surface area contributed by atoms with Crippen LogP contribution in [0.15, 0.2) is 39.9 Å².